The Morgan fingerprint density at radius 1 is 1.00 bits per heavy atom. The van der Waals surface area contributed by atoms with Crippen LogP contribution in [0.3, 0.4) is 0 Å². The average Bonchev–Trinajstić information content (AvgIpc) is 2.75. The van der Waals surface area contributed by atoms with Gasteiger partial charge in [-0.3, -0.25) is 14.3 Å². The van der Waals surface area contributed by atoms with Crippen LogP contribution in [0.5, 0.6) is 0 Å². The minimum atomic E-state index is -0.0585. The van der Waals surface area contributed by atoms with Crippen LogP contribution in [0.2, 0.25) is 0 Å². The highest BCUT2D eigenvalue weighted by molar-refractivity contribution is 7.98. The second-order valence-corrected chi connectivity index (χ2v) is 7.20. The number of hydrogen-bond donors (Lipinski definition) is 0. The van der Waals surface area contributed by atoms with Gasteiger partial charge in [0.15, 0.2) is 5.16 Å². The number of benzene rings is 2. The maximum absolute atomic E-state index is 13.1. The van der Waals surface area contributed by atoms with Gasteiger partial charge < -0.3 is 0 Å². The number of fused-ring (bicyclic) bond motifs is 1. The second-order valence-electron chi connectivity index (χ2n) is 6.26. The molecule has 136 valence electrons. The SMILES string of the molecule is N#Cc1ccc(CSc2nc3ccccc3c(=O)n2Cc2cccnc2)cc1. The summed E-state index contributed by atoms with van der Waals surface area (Å²) < 4.78 is 1.70. The fourth-order valence-corrected chi connectivity index (χ4v) is 3.85. The number of nitrogens with zero attached hydrogens (tertiary/aromatic N) is 4. The van der Waals surface area contributed by atoms with Crippen molar-refractivity contribution in [2.45, 2.75) is 17.5 Å². The van der Waals surface area contributed by atoms with Gasteiger partial charge in [0.2, 0.25) is 0 Å². The van der Waals surface area contributed by atoms with Crippen LogP contribution in [0.15, 0.2) is 83.0 Å². The highest BCUT2D eigenvalue weighted by Gasteiger charge is 2.12. The van der Waals surface area contributed by atoms with Crippen LogP contribution in [0.4, 0.5) is 0 Å². The Bertz CT molecular complexity index is 1210. The molecular formula is C22H16N4OS. The molecule has 0 spiro atoms. The standard InChI is InChI=1S/C22H16N4OS/c23-12-16-7-9-17(10-8-16)15-28-22-25-20-6-2-1-5-19(20)21(27)26(22)14-18-4-3-11-24-13-18/h1-11,13H,14-15H2. The van der Waals surface area contributed by atoms with Crippen LogP contribution in [-0.2, 0) is 12.3 Å². The van der Waals surface area contributed by atoms with E-state index in [1.54, 1.807) is 35.2 Å². The number of pyridine rings is 1. The zero-order chi connectivity index (χ0) is 19.3. The third kappa shape index (κ3) is 3.80. The number of nitriles is 1. The van der Waals surface area contributed by atoms with Gasteiger partial charge >= 0.3 is 0 Å². The lowest BCUT2D eigenvalue weighted by Gasteiger charge is -2.13. The van der Waals surface area contributed by atoms with Gasteiger partial charge in [0.05, 0.1) is 29.1 Å². The first kappa shape index (κ1) is 18.0. The summed E-state index contributed by atoms with van der Waals surface area (Å²) in [5.41, 5.74) is 3.28. The first-order valence-corrected chi connectivity index (χ1v) is 9.73. The minimum Gasteiger partial charge on any atom is -0.283 e. The average molecular weight is 384 g/mol. The predicted molar refractivity (Wildman–Crippen MR) is 110 cm³/mol. The van der Waals surface area contributed by atoms with Crippen LogP contribution < -0.4 is 5.56 Å². The van der Waals surface area contributed by atoms with E-state index in [1.165, 1.54) is 11.8 Å². The summed E-state index contributed by atoms with van der Waals surface area (Å²) in [4.78, 5) is 22.0. The van der Waals surface area contributed by atoms with Crippen LogP contribution in [0.1, 0.15) is 16.7 Å². The first-order chi connectivity index (χ1) is 13.7. The van der Waals surface area contributed by atoms with E-state index in [-0.39, 0.29) is 5.56 Å². The Balaban J connectivity index is 1.71. The fraction of sp³-hybridized carbons (Fsp3) is 0.0909. The minimum absolute atomic E-state index is 0.0585. The summed E-state index contributed by atoms with van der Waals surface area (Å²) in [6.45, 7) is 0.417. The maximum atomic E-state index is 13.1. The number of thioether (sulfide) groups is 1. The molecule has 28 heavy (non-hydrogen) atoms. The topological polar surface area (TPSA) is 71.6 Å². The van der Waals surface area contributed by atoms with Crippen LogP contribution in [-0.4, -0.2) is 14.5 Å². The molecule has 0 aliphatic rings. The molecule has 4 aromatic rings. The number of hydrogen-bond acceptors (Lipinski definition) is 5. The van der Waals surface area contributed by atoms with Gasteiger partial charge in [-0.25, -0.2) is 4.98 Å². The molecule has 0 amide bonds. The Morgan fingerprint density at radius 3 is 2.57 bits per heavy atom. The summed E-state index contributed by atoms with van der Waals surface area (Å²) >= 11 is 1.51. The smallest absolute Gasteiger partial charge is 0.262 e. The molecular weight excluding hydrogens is 368 g/mol. The Labute approximate surface area is 166 Å². The number of rotatable bonds is 5. The van der Waals surface area contributed by atoms with E-state index in [0.717, 1.165) is 11.1 Å². The van der Waals surface area contributed by atoms with Crippen LogP contribution in [0.25, 0.3) is 10.9 Å². The van der Waals surface area contributed by atoms with E-state index < -0.39 is 0 Å². The normalized spacial score (nSPS) is 10.7. The Morgan fingerprint density at radius 2 is 1.82 bits per heavy atom. The zero-order valence-corrected chi connectivity index (χ0v) is 15.8. The molecule has 0 fully saturated rings. The molecule has 2 aromatic carbocycles. The van der Waals surface area contributed by atoms with E-state index in [4.69, 9.17) is 10.2 Å². The summed E-state index contributed by atoms with van der Waals surface area (Å²) in [6, 6.07) is 20.8. The van der Waals surface area contributed by atoms with Crippen LogP contribution >= 0.6 is 11.8 Å². The van der Waals surface area contributed by atoms with E-state index in [9.17, 15) is 4.79 Å². The summed E-state index contributed by atoms with van der Waals surface area (Å²) in [5.74, 6) is 0.656. The van der Waals surface area contributed by atoms with Crippen molar-refractivity contribution in [2.24, 2.45) is 0 Å². The Hall–Kier alpha value is -3.43. The van der Waals surface area contributed by atoms with Crippen molar-refractivity contribution in [3.63, 3.8) is 0 Å². The van der Waals surface area contributed by atoms with Crippen molar-refractivity contribution in [1.29, 1.82) is 5.26 Å². The maximum Gasteiger partial charge on any atom is 0.262 e. The third-order valence-electron chi connectivity index (χ3n) is 4.34. The quantitative estimate of drug-likeness (QED) is 0.384. The molecule has 5 nitrogen and oxygen atoms in total. The third-order valence-corrected chi connectivity index (χ3v) is 5.39. The summed E-state index contributed by atoms with van der Waals surface area (Å²) in [7, 11) is 0. The molecule has 0 saturated heterocycles. The van der Waals surface area contributed by atoms with E-state index in [0.29, 0.717) is 33.9 Å². The van der Waals surface area contributed by atoms with E-state index in [2.05, 4.69) is 11.1 Å². The van der Waals surface area contributed by atoms with Crippen molar-refractivity contribution in [3.05, 3.63) is 100 Å². The van der Waals surface area contributed by atoms with Crippen molar-refractivity contribution in [2.75, 3.05) is 0 Å². The molecule has 6 heteroatoms. The second kappa shape index (κ2) is 8.07. The predicted octanol–water partition coefficient (Wildman–Crippen LogP) is 4.00. The summed E-state index contributed by atoms with van der Waals surface area (Å²) in [6.07, 6.45) is 3.47. The van der Waals surface area contributed by atoms with Crippen molar-refractivity contribution >= 4 is 22.7 Å². The van der Waals surface area contributed by atoms with Gasteiger partial charge in [-0.15, -0.1) is 0 Å². The molecule has 2 heterocycles. The van der Waals surface area contributed by atoms with Crippen molar-refractivity contribution in [3.8, 4) is 6.07 Å². The largest absolute Gasteiger partial charge is 0.283 e. The monoisotopic (exact) mass is 384 g/mol. The van der Waals surface area contributed by atoms with Gasteiger partial charge in [0.25, 0.3) is 5.56 Å². The molecule has 0 saturated carbocycles. The Kier molecular flexibility index (Phi) is 5.18. The zero-order valence-electron chi connectivity index (χ0n) is 14.9. The number of para-hydroxylation sites is 1. The van der Waals surface area contributed by atoms with Gasteiger partial charge in [-0.1, -0.05) is 42.1 Å². The molecule has 0 bridgehead atoms. The summed E-state index contributed by atoms with van der Waals surface area (Å²) in [5, 5.41) is 10.2. The molecule has 0 unspecified atom stereocenters. The molecule has 2 aromatic heterocycles. The van der Waals surface area contributed by atoms with E-state index >= 15 is 0 Å². The van der Waals surface area contributed by atoms with Gasteiger partial charge in [-0.05, 0) is 41.5 Å². The lowest BCUT2D eigenvalue weighted by Crippen LogP contribution is -2.24. The highest BCUT2D eigenvalue weighted by atomic mass is 32.2. The molecule has 0 atom stereocenters. The number of aromatic nitrogens is 3. The molecule has 0 aliphatic heterocycles. The van der Waals surface area contributed by atoms with E-state index in [1.807, 2.05) is 42.5 Å². The lowest BCUT2D eigenvalue weighted by molar-refractivity contribution is 0.656. The van der Waals surface area contributed by atoms with Gasteiger partial charge in [-0.2, -0.15) is 5.26 Å². The molecule has 4 rings (SSSR count). The fourth-order valence-electron chi connectivity index (χ4n) is 2.89. The molecule has 0 N–H and O–H groups in total. The highest BCUT2D eigenvalue weighted by Crippen LogP contribution is 2.23. The van der Waals surface area contributed by atoms with Gasteiger partial charge in [0, 0.05) is 18.1 Å². The lowest BCUT2D eigenvalue weighted by atomic mass is 10.2. The van der Waals surface area contributed by atoms with Gasteiger partial charge in [0.1, 0.15) is 0 Å². The van der Waals surface area contributed by atoms with Crippen molar-refractivity contribution < 1.29 is 0 Å². The molecule has 0 aliphatic carbocycles. The first-order valence-electron chi connectivity index (χ1n) is 8.75. The van der Waals surface area contributed by atoms with Crippen LogP contribution in [0, 0.1) is 11.3 Å². The molecule has 0 radical (unpaired) electrons. The van der Waals surface area contributed by atoms with Crippen molar-refractivity contribution in [1.82, 2.24) is 14.5 Å².